The van der Waals surface area contributed by atoms with Crippen molar-refractivity contribution in [2.45, 2.75) is 11.8 Å². The van der Waals surface area contributed by atoms with Gasteiger partial charge in [0.05, 0.1) is 16.1 Å². The highest BCUT2D eigenvalue weighted by molar-refractivity contribution is 7.92. The molecule has 0 aliphatic heterocycles. The predicted octanol–water partition coefficient (Wildman–Crippen LogP) is 3.80. The minimum atomic E-state index is -3.93. The fourth-order valence-corrected chi connectivity index (χ4v) is 3.84. The lowest BCUT2D eigenvalue weighted by Crippen LogP contribution is -2.24. The average Bonchev–Trinajstić information content (AvgIpc) is 2.48. The van der Waals surface area contributed by atoms with Gasteiger partial charge < -0.3 is 4.90 Å². The SMILES string of the molecule is Cc1ccc(Cl)cc1S(=O)(=O)Nc1cc(Cl)ccc1C(=O)N(C)C. The Labute approximate surface area is 151 Å². The molecule has 0 aliphatic carbocycles. The summed E-state index contributed by atoms with van der Waals surface area (Å²) in [6.07, 6.45) is 0. The Morgan fingerprint density at radius 3 is 2.25 bits per heavy atom. The number of nitrogens with zero attached hydrogens (tertiary/aromatic N) is 1. The van der Waals surface area contributed by atoms with E-state index in [1.807, 2.05) is 0 Å². The number of aryl methyl sites for hydroxylation is 1. The molecule has 5 nitrogen and oxygen atoms in total. The average molecular weight is 387 g/mol. The fourth-order valence-electron chi connectivity index (χ4n) is 2.09. The van der Waals surface area contributed by atoms with Crippen molar-refractivity contribution in [3.05, 3.63) is 57.6 Å². The van der Waals surface area contributed by atoms with Crippen LogP contribution in [0.4, 0.5) is 5.69 Å². The number of anilines is 1. The monoisotopic (exact) mass is 386 g/mol. The number of carbonyl (C=O) groups excluding carboxylic acids is 1. The normalized spacial score (nSPS) is 11.2. The number of rotatable bonds is 4. The first-order valence-electron chi connectivity index (χ1n) is 6.92. The van der Waals surface area contributed by atoms with Gasteiger partial charge in [0.25, 0.3) is 15.9 Å². The Morgan fingerprint density at radius 2 is 1.62 bits per heavy atom. The molecule has 0 spiro atoms. The summed E-state index contributed by atoms with van der Waals surface area (Å²) in [5.74, 6) is -0.341. The molecule has 2 aromatic carbocycles. The second kappa shape index (κ2) is 7.01. The van der Waals surface area contributed by atoms with Gasteiger partial charge in [0.1, 0.15) is 0 Å². The first kappa shape index (κ1) is 18.6. The highest BCUT2D eigenvalue weighted by Crippen LogP contribution is 2.27. The number of hydrogen-bond donors (Lipinski definition) is 1. The topological polar surface area (TPSA) is 66.5 Å². The largest absolute Gasteiger partial charge is 0.345 e. The van der Waals surface area contributed by atoms with Crippen LogP contribution in [0.1, 0.15) is 15.9 Å². The molecule has 0 bridgehead atoms. The molecule has 0 saturated carbocycles. The maximum Gasteiger partial charge on any atom is 0.262 e. The van der Waals surface area contributed by atoms with Gasteiger partial charge in [-0.25, -0.2) is 8.42 Å². The van der Waals surface area contributed by atoms with Gasteiger partial charge >= 0.3 is 0 Å². The number of benzene rings is 2. The van der Waals surface area contributed by atoms with Crippen molar-refractivity contribution in [3.8, 4) is 0 Å². The number of nitrogens with one attached hydrogen (secondary N) is 1. The molecule has 0 unspecified atom stereocenters. The summed E-state index contributed by atoms with van der Waals surface area (Å²) in [7, 11) is -0.769. The molecule has 0 atom stereocenters. The van der Waals surface area contributed by atoms with Crippen LogP contribution in [0.15, 0.2) is 41.3 Å². The van der Waals surface area contributed by atoms with Gasteiger partial charge in [-0.3, -0.25) is 9.52 Å². The number of hydrogen-bond acceptors (Lipinski definition) is 3. The van der Waals surface area contributed by atoms with Crippen LogP contribution in [-0.2, 0) is 10.0 Å². The van der Waals surface area contributed by atoms with E-state index in [1.165, 1.54) is 29.2 Å². The molecule has 2 rings (SSSR count). The Kier molecular flexibility index (Phi) is 5.42. The molecule has 128 valence electrons. The van der Waals surface area contributed by atoms with E-state index in [1.54, 1.807) is 33.2 Å². The zero-order chi connectivity index (χ0) is 18.1. The third kappa shape index (κ3) is 4.01. The van der Waals surface area contributed by atoms with Crippen LogP contribution in [0.5, 0.6) is 0 Å². The van der Waals surface area contributed by atoms with E-state index in [0.29, 0.717) is 15.6 Å². The van der Waals surface area contributed by atoms with Crippen molar-refractivity contribution in [2.75, 3.05) is 18.8 Å². The molecule has 24 heavy (non-hydrogen) atoms. The highest BCUT2D eigenvalue weighted by Gasteiger charge is 2.22. The Balaban J connectivity index is 2.52. The van der Waals surface area contributed by atoms with E-state index < -0.39 is 10.0 Å². The van der Waals surface area contributed by atoms with Gasteiger partial charge in [-0.2, -0.15) is 0 Å². The zero-order valence-electron chi connectivity index (χ0n) is 13.3. The van der Waals surface area contributed by atoms with Crippen LogP contribution in [0.25, 0.3) is 0 Å². The van der Waals surface area contributed by atoms with Crippen LogP contribution in [0.3, 0.4) is 0 Å². The van der Waals surface area contributed by atoms with Crippen molar-refractivity contribution < 1.29 is 13.2 Å². The number of halogens is 2. The molecule has 0 fully saturated rings. The summed E-state index contributed by atoms with van der Waals surface area (Å²) >= 11 is 11.9. The predicted molar refractivity (Wildman–Crippen MR) is 96.5 cm³/mol. The smallest absolute Gasteiger partial charge is 0.262 e. The number of sulfonamides is 1. The fraction of sp³-hybridized carbons (Fsp3) is 0.188. The van der Waals surface area contributed by atoms with Gasteiger partial charge in [-0.1, -0.05) is 29.3 Å². The van der Waals surface area contributed by atoms with E-state index in [4.69, 9.17) is 23.2 Å². The molecule has 0 aliphatic rings. The summed E-state index contributed by atoms with van der Waals surface area (Å²) in [6.45, 7) is 1.66. The summed E-state index contributed by atoms with van der Waals surface area (Å²) < 4.78 is 27.8. The van der Waals surface area contributed by atoms with Crippen LogP contribution >= 0.6 is 23.2 Å². The standard InChI is InChI=1S/C16H16Cl2N2O3S/c1-10-4-5-12(18)9-15(10)24(22,23)19-14-8-11(17)6-7-13(14)16(21)20(2)3/h4-9,19H,1-3H3. The van der Waals surface area contributed by atoms with Crippen molar-refractivity contribution in [2.24, 2.45) is 0 Å². The third-order valence-corrected chi connectivity index (χ3v) is 5.28. The van der Waals surface area contributed by atoms with E-state index in [-0.39, 0.29) is 22.1 Å². The molecule has 2 aromatic rings. The van der Waals surface area contributed by atoms with E-state index >= 15 is 0 Å². The molecule has 0 heterocycles. The lowest BCUT2D eigenvalue weighted by molar-refractivity contribution is 0.0828. The molecule has 0 radical (unpaired) electrons. The van der Waals surface area contributed by atoms with Crippen molar-refractivity contribution in [3.63, 3.8) is 0 Å². The van der Waals surface area contributed by atoms with Crippen molar-refractivity contribution in [1.29, 1.82) is 0 Å². The number of amides is 1. The first-order valence-corrected chi connectivity index (χ1v) is 9.16. The molecule has 8 heteroatoms. The molecule has 0 aromatic heterocycles. The Hall–Kier alpha value is -1.76. The summed E-state index contributed by atoms with van der Waals surface area (Å²) in [4.78, 5) is 13.6. The second-order valence-electron chi connectivity index (χ2n) is 5.40. The van der Waals surface area contributed by atoms with Gasteiger partial charge in [0, 0.05) is 24.1 Å². The second-order valence-corrected chi connectivity index (χ2v) is 7.93. The molecule has 1 amide bonds. The van der Waals surface area contributed by atoms with Crippen LogP contribution in [0, 0.1) is 6.92 Å². The number of carbonyl (C=O) groups is 1. The maximum absolute atomic E-state index is 12.7. The minimum Gasteiger partial charge on any atom is -0.345 e. The van der Waals surface area contributed by atoms with Crippen LogP contribution < -0.4 is 4.72 Å². The summed E-state index contributed by atoms with van der Waals surface area (Å²) in [5.41, 5.74) is 0.850. The first-order chi connectivity index (χ1) is 11.1. The van der Waals surface area contributed by atoms with E-state index in [9.17, 15) is 13.2 Å². The highest BCUT2D eigenvalue weighted by atomic mass is 35.5. The lowest BCUT2D eigenvalue weighted by Gasteiger charge is -2.16. The van der Waals surface area contributed by atoms with E-state index in [2.05, 4.69) is 4.72 Å². The lowest BCUT2D eigenvalue weighted by atomic mass is 10.1. The molecule has 1 N–H and O–H groups in total. The van der Waals surface area contributed by atoms with Crippen molar-refractivity contribution in [1.82, 2.24) is 4.90 Å². The quantitative estimate of drug-likeness (QED) is 0.868. The van der Waals surface area contributed by atoms with Crippen LogP contribution in [0.2, 0.25) is 10.0 Å². The zero-order valence-corrected chi connectivity index (χ0v) is 15.6. The summed E-state index contributed by atoms with van der Waals surface area (Å²) in [5, 5.41) is 0.613. The van der Waals surface area contributed by atoms with Gasteiger partial charge in [-0.15, -0.1) is 0 Å². The Morgan fingerprint density at radius 1 is 1.04 bits per heavy atom. The van der Waals surface area contributed by atoms with Crippen LogP contribution in [-0.4, -0.2) is 33.3 Å². The molecular formula is C16H16Cl2N2O3S. The minimum absolute atomic E-state index is 0.0400. The van der Waals surface area contributed by atoms with Gasteiger partial charge in [0.15, 0.2) is 0 Å². The maximum atomic E-state index is 12.7. The van der Waals surface area contributed by atoms with Gasteiger partial charge in [-0.05, 0) is 42.8 Å². The Bertz CT molecular complexity index is 896. The molecular weight excluding hydrogens is 371 g/mol. The van der Waals surface area contributed by atoms with E-state index in [0.717, 1.165) is 0 Å². The van der Waals surface area contributed by atoms with Crippen molar-refractivity contribution >= 4 is 44.8 Å². The molecule has 0 saturated heterocycles. The summed E-state index contributed by atoms with van der Waals surface area (Å²) in [6, 6.07) is 8.98. The van der Waals surface area contributed by atoms with Gasteiger partial charge in [0.2, 0.25) is 0 Å². The third-order valence-electron chi connectivity index (χ3n) is 3.30.